The molecule has 5 rings (SSSR count). The predicted molar refractivity (Wildman–Crippen MR) is 124 cm³/mol. The summed E-state index contributed by atoms with van der Waals surface area (Å²) in [5.74, 6) is 0.672. The van der Waals surface area contributed by atoms with Gasteiger partial charge >= 0.3 is 11.7 Å². The number of carbonyl (C=O) groups is 1. The van der Waals surface area contributed by atoms with Gasteiger partial charge in [0.05, 0.1) is 24.5 Å². The average molecular weight is 463 g/mol. The van der Waals surface area contributed by atoms with Gasteiger partial charge in [-0.3, -0.25) is 4.57 Å². The Morgan fingerprint density at radius 3 is 2.91 bits per heavy atom. The van der Waals surface area contributed by atoms with Crippen molar-refractivity contribution < 1.29 is 23.7 Å². The molecule has 0 spiro atoms. The number of nitrogens with zero attached hydrogens (tertiary/aromatic N) is 2. The van der Waals surface area contributed by atoms with Gasteiger partial charge in [0.15, 0.2) is 0 Å². The number of aryl methyl sites for hydroxylation is 1. The first kappa shape index (κ1) is 22.2. The lowest BCUT2D eigenvalue weighted by molar-refractivity contribution is 0.0600. The van der Waals surface area contributed by atoms with Crippen molar-refractivity contribution in [3.05, 3.63) is 75.7 Å². The first-order chi connectivity index (χ1) is 16.6. The normalized spacial score (nSPS) is 16.4. The van der Waals surface area contributed by atoms with E-state index in [4.69, 9.17) is 18.9 Å². The molecule has 2 aliphatic heterocycles. The second-order valence-electron chi connectivity index (χ2n) is 8.41. The van der Waals surface area contributed by atoms with E-state index in [9.17, 15) is 9.59 Å². The van der Waals surface area contributed by atoms with Gasteiger partial charge in [0.25, 0.3) is 0 Å². The summed E-state index contributed by atoms with van der Waals surface area (Å²) in [6, 6.07) is 14.9. The highest BCUT2D eigenvalue weighted by Crippen LogP contribution is 2.32. The molecule has 1 saturated heterocycles. The summed E-state index contributed by atoms with van der Waals surface area (Å²) in [5.41, 5.74) is 3.90. The minimum atomic E-state index is -0.377. The van der Waals surface area contributed by atoms with Gasteiger partial charge in [0, 0.05) is 24.8 Å². The third-order valence-electron chi connectivity index (χ3n) is 6.14. The van der Waals surface area contributed by atoms with Crippen molar-refractivity contribution in [2.24, 2.45) is 0 Å². The van der Waals surface area contributed by atoms with E-state index in [-0.39, 0.29) is 17.8 Å². The van der Waals surface area contributed by atoms with Gasteiger partial charge in [-0.05, 0) is 60.7 Å². The Labute approximate surface area is 197 Å². The van der Waals surface area contributed by atoms with Crippen molar-refractivity contribution >= 4 is 5.97 Å². The number of carbonyl (C=O) groups excluding carboxylic acids is 1. The second-order valence-corrected chi connectivity index (χ2v) is 8.41. The van der Waals surface area contributed by atoms with Gasteiger partial charge in [-0.25, -0.2) is 9.59 Å². The molecule has 0 radical (unpaired) electrons. The monoisotopic (exact) mass is 462 g/mol. The number of methoxy groups -OCH3 is 1. The summed E-state index contributed by atoms with van der Waals surface area (Å²) in [6.07, 6.45) is 2.75. The van der Waals surface area contributed by atoms with Crippen molar-refractivity contribution in [3.8, 4) is 22.9 Å². The van der Waals surface area contributed by atoms with Crippen molar-refractivity contribution in [1.29, 1.82) is 0 Å². The molecule has 1 unspecified atom stereocenters. The second kappa shape index (κ2) is 9.69. The van der Waals surface area contributed by atoms with Crippen molar-refractivity contribution in [1.82, 2.24) is 9.55 Å². The molecule has 0 amide bonds. The number of aromatic nitrogens is 2. The Bertz CT molecular complexity index is 1260. The molecule has 8 heteroatoms. The molecule has 0 bridgehead atoms. The third-order valence-corrected chi connectivity index (χ3v) is 6.14. The lowest BCUT2D eigenvalue weighted by atomic mass is 9.97. The van der Waals surface area contributed by atoms with E-state index >= 15 is 0 Å². The fourth-order valence-corrected chi connectivity index (χ4v) is 4.37. The van der Waals surface area contributed by atoms with E-state index in [1.54, 1.807) is 22.8 Å². The maximum absolute atomic E-state index is 12.6. The number of hydrogen-bond donors (Lipinski definition) is 0. The Morgan fingerprint density at radius 1 is 1.18 bits per heavy atom. The fourth-order valence-electron chi connectivity index (χ4n) is 4.37. The van der Waals surface area contributed by atoms with Crippen LogP contribution >= 0.6 is 0 Å². The van der Waals surface area contributed by atoms with Gasteiger partial charge < -0.3 is 18.9 Å². The number of ether oxygens (including phenoxy) is 4. The largest absolute Gasteiger partial charge is 0.489 e. The van der Waals surface area contributed by atoms with Crippen LogP contribution in [0.5, 0.6) is 11.6 Å². The van der Waals surface area contributed by atoms with Crippen LogP contribution in [0.4, 0.5) is 0 Å². The highest BCUT2D eigenvalue weighted by molar-refractivity contribution is 5.89. The van der Waals surface area contributed by atoms with Crippen molar-refractivity contribution in [2.75, 3.05) is 20.3 Å². The molecule has 0 aliphatic carbocycles. The van der Waals surface area contributed by atoms with Gasteiger partial charge in [-0.15, -0.1) is 0 Å². The minimum Gasteiger partial charge on any atom is -0.489 e. The first-order valence-corrected chi connectivity index (χ1v) is 11.4. The van der Waals surface area contributed by atoms with E-state index in [0.717, 1.165) is 47.6 Å². The van der Waals surface area contributed by atoms with Crippen molar-refractivity contribution in [2.45, 2.75) is 38.5 Å². The molecular formula is C26H26N2O6. The molecule has 0 saturated carbocycles. The first-order valence-electron chi connectivity index (χ1n) is 11.4. The summed E-state index contributed by atoms with van der Waals surface area (Å²) in [7, 11) is 1.36. The summed E-state index contributed by atoms with van der Waals surface area (Å²) in [5, 5.41) is 0. The number of rotatable bonds is 7. The summed E-state index contributed by atoms with van der Waals surface area (Å²) < 4.78 is 23.8. The van der Waals surface area contributed by atoms with Crippen LogP contribution in [0.15, 0.2) is 53.3 Å². The fraction of sp³-hybridized carbons (Fsp3) is 0.346. The van der Waals surface area contributed by atoms with Gasteiger partial charge in [0.1, 0.15) is 19.0 Å². The quantitative estimate of drug-likeness (QED) is 0.497. The van der Waals surface area contributed by atoms with E-state index in [1.165, 1.54) is 7.11 Å². The molecular weight excluding hydrogens is 436 g/mol. The molecule has 2 aliphatic rings. The van der Waals surface area contributed by atoms with E-state index in [2.05, 4.69) is 4.98 Å². The van der Waals surface area contributed by atoms with Crippen LogP contribution in [-0.4, -0.2) is 41.9 Å². The van der Waals surface area contributed by atoms with Gasteiger partial charge in [-0.1, -0.05) is 12.1 Å². The van der Waals surface area contributed by atoms with E-state index < -0.39 is 0 Å². The highest BCUT2D eigenvalue weighted by Gasteiger charge is 2.21. The molecule has 3 heterocycles. The van der Waals surface area contributed by atoms with E-state index in [1.807, 2.05) is 30.3 Å². The zero-order valence-electron chi connectivity index (χ0n) is 19.0. The summed E-state index contributed by atoms with van der Waals surface area (Å²) >= 11 is 0. The smallest absolute Gasteiger partial charge is 0.351 e. The molecule has 176 valence electrons. The summed E-state index contributed by atoms with van der Waals surface area (Å²) in [6.45, 7) is 2.02. The van der Waals surface area contributed by atoms with Crippen LogP contribution in [0.2, 0.25) is 0 Å². The van der Waals surface area contributed by atoms with Crippen molar-refractivity contribution in [3.63, 3.8) is 0 Å². The summed E-state index contributed by atoms with van der Waals surface area (Å²) in [4.78, 5) is 28.4. The topological polar surface area (TPSA) is 88.9 Å². The number of fused-ring (bicyclic) bond motifs is 3. The van der Waals surface area contributed by atoms with Crippen LogP contribution in [0, 0.1) is 0 Å². The van der Waals surface area contributed by atoms with E-state index in [0.29, 0.717) is 37.6 Å². The maximum atomic E-state index is 12.6. The standard InChI is InChI=1S/C26H26N2O6/c1-31-25(29)19-5-2-4-17(12-19)15-33-20-7-8-22-18(13-20)9-10-28-23(22)14-24(27-26(28)30)34-16-21-6-3-11-32-21/h2,4-5,7-8,12-14,21H,3,6,9-11,15-16H2,1H3. The van der Waals surface area contributed by atoms with Gasteiger partial charge in [-0.2, -0.15) is 4.98 Å². The Hall–Kier alpha value is -3.65. The highest BCUT2D eigenvalue weighted by atomic mass is 16.5. The van der Waals surface area contributed by atoms with Crippen LogP contribution < -0.4 is 15.2 Å². The molecule has 8 nitrogen and oxygen atoms in total. The maximum Gasteiger partial charge on any atom is 0.351 e. The number of benzene rings is 2. The van der Waals surface area contributed by atoms with Crippen LogP contribution in [-0.2, 0) is 29.0 Å². The third kappa shape index (κ3) is 4.68. The Kier molecular flexibility index (Phi) is 6.31. The molecule has 1 aromatic heterocycles. The average Bonchev–Trinajstić information content (AvgIpc) is 3.39. The lowest BCUT2D eigenvalue weighted by Gasteiger charge is -2.22. The number of esters is 1. The molecule has 34 heavy (non-hydrogen) atoms. The molecule has 2 aromatic carbocycles. The van der Waals surface area contributed by atoms with Crippen LogP contribution in [0.1, 0.15) is 34.3 Å². The van der Waals surface area contributed by atoms with Crippen LogP contribution in [0.3, 0.4) is 0 Å². The molecule has 1 fully saturated rings. The Balaban J connectivity index is 1.32. The zero-order valence-corrected chi connectivity index (χ0v) is 19.0. The SMILES string of the molecule is COC(=O)c1cccc(COc2ccc3c(c2)CCn2c-3cc(OCC3CCCO3)nc2=O)c1. The molecule has 0 N–H and O–H groups in total. The molecule has 1 atom stereocenters. The van der Waals surface area contributed by atoms with Gasteiger partial charge in [0.2, 0.25) is 5.88 Å². The number of hydrogen-bond acceptors (Lipinski definition) is 7. The van der Waals surface area contributed by atoms with Crippen LogP contribution in [0.25, 0.3) is 11.3 Å². The minimum absolute atomic E-state index is 0.0564. The molecule has 3 aromatic rings. The zero-order chi connectivity index (χ0) is 23.5. The lowest BCUT2D eigenvalue weighted by Crippen LogP contribution is -2.29. The Morgan fingerprint density at radius 2 is 2.09 bits per heavy atom. The predicted octanol–water partition coefficient (Wildman–Crippen LogP) is 3.39.